The van der Waals surface area contributed by atoms with E-state index in [0.29, 0.717) is 11.3 Å². The highest BCUT2D eigenvalue weighted by molar-refractivity contribution is 8.04. The molecule has 2 aliphatic heterocycles. The first-order valence-electron chi connectivity index (χ1n) is 5.09. The second-order valence-electron chi connectivity index (χ2n) is 3.89. The van der Waals surface area contributed by atoms with E-state index in [-0.39, 0.29) is 30.0 Å². The van der Waals surface area contributed by atoms with Crippen molar-refractivity contribution in [3.05, 3.63) is 10.6 Å². The van der Waals surface area contributed by atoms with Crippen LogP contribution in [0.15, 0.2) is 10.6 Å². The van der Waals surface area contributed by atoms with E-state index in [9.17, 15) is 18.0 Å². The number of hydrogen-bond donors (Lipinski definition) is 1. The number of β-lactam (4-membered cyclic amide) rings is 1. The fraction of sp³-hybridized carbons (Fsp3) is 0.556. The minimum atomic E-state index is -3.54. The van der Waals surface area contributed by atoms with Gasteiger partial charge >= 0.3 is 5.97 Å². The van der Waals surface area contributed by atoms with Crippen LogP contribution in [-0.4, -0.2) is 48.5 Å². The van der Waals surface area contributed by atoms with Crippen LogP contribution >= 0.6 is 11.8 Å². The second kappa shape index (κ2) is 4.56. The normalized spacial score (nSPS) is 23.1. The Labute approximate surface area is 108 Å². The van der Waals surface area contributed by atoms with Gasteiger partial charge < -0.3 is 5.11 Å². The number of nitrogens with zero attached hydrogens (tertiary/aromatic N) is 1. The van der Waals surface area contributed by atoms with Gasteiger partial charge in [-0.25, -0.2) is 4.79 Å². The Morgan fingerprint density at radius 2 is 2.28 bits per heavy atom. The van der Waals surface area contributed by atoms with Crippen molar-refractivity contribution in [2.75, 3.05) is 12.9 Å². The second-order valence-corrected chi connectivity index (χ2v) is 6.81. The molecule has 0 aromatic rings. The zero-order chi connectivity index (χ0) is 13.5. The minimum Gasteiger partial charge on any atom is -0.477 e. The molecule has 1 amide bonds. The lowest BCUT2D eigenvalue weighted by Gasteiger charge is -2.33. The van der Waals surface area contributed by atoms with Crippen molar-refractivity contribution in [1.82, 2.24) is 4.90 Å². The Morgan fingerprint density at radius 1 is 1.61 bits per heavy atom. The molecule has 1 fully saturated rings. The average molecular weight is 293 g/mol. The van der Waals surface area contributed by atoms with Gasteiger partial charge in [-0.1, -0.05) is 0 Å². The fourth-order valence-corrected chi connectivity index (χ4v) is 3.56. The summed E-state index contributed by atoms with van der Waals surface area (Å²) in [6.07, 6.45) is 1.41. The van der Waals surface area contributed by atoms with Crippen molar-refractivity contribution >= 4 is 33.8 Å². The van der Waals surface area contributed by atoms with Crippen LogP contribution in [0.25, 0.3) is 0 Å². The van der Waals surface area contributed by atoms with Crippen molar-refractivity contribution in [1.29, 1.82) is 0 Å². The van der Waals surface area contributed by atoms with Gasteiger partial charge in [0.25, 0.3) is 10.1 Å². The number of rotatable bonds is 5. The summed E-state index contributed by atoms with van der Waals surface area (Å²) >= 11 is 1.28. The minimum absolute atomic E-state index is 0.0432. The van der Waals surface area contributed by atoms with Gasteiger partial charge in [0.15, 0.2) is 0 Å². The molecule has 0 aromatic carbocycles. The molecular formula is C9H11NO6S2. The van der Waals surface area contributed by atoms with Crippen LogP contribution in [0.3, 0.4) is 0 Å². The molecule has 100 valence electrons. The van der Waals surface area contributed by atoms with Crippen LogP contribution in [0, 0.1) is 0 Å². The molecule has 1 atom stereocenters. The molecule has 0 aromatic heterocycles. The Bertz CT molecular complexity index is 537. The number of aliphatic carboxylic acids is 1. The summed E-state index contributed by atoms with van der Waals surface area (Å²) in [5.74, 6) is -1.39. The van der Waals surface area contributed by atoms with E-state index in [0.717, 1.165) is 6.26 Å². The Hall–Kier alpha value is -1.06. The van der Waals surface area contributed by atoms with E-state index in [1.165, 1.54) is 16.7 Å². The molecule has 0 aliphatic carbocycles. The molecule has 7 nitrogen and oxygen atoms in total. The molecule has 1 saturated heterocycles. The van der Waals surface area contributed by atoms with Crippen molar-refractivity contribution in [2.24, 2.45) is 0 Å². The first-order chi connectivity index (χ1) is 8.29. The van der Waals surface area contributed by atoms with Crippen LogP contribution in [0.4, 0.5) is 0 Å². The largest absolute Gasteiger partial charge is 0.477 e. The molecule has 9 heteroatoms. The maximum Gasteiger partial charge on any atom is 0.353 e. The van der Waals surface area contributed by atoms with E-state index in [1.54, 1.807) is 0 Å². The van der Waals surface area contributed by atoms with Gasteiger partial charge in [0.2, 0.25) is 5.91 Å². The van der Waals surface area contributed by atoms with Gasteiger partial charge in [0, 0.05) is 11.3 Å². The number of thioether (sulfide) groups is 1. The lowest BCUT2D eigenvalue weighted by Crippen LogP contribution is -2.48. The van der Waals surface area contributed by atoms with Crippen molar-refractivity contribution < 1.29 is 27.3 Å². The van der Waals surface area contributed by atoms with Crippen molar-refractivity contribution in [3.63, 3.8) is 0 Å². The molecule has 0 saturated carbocycles. The van der Waals surface area contributed by atoms with Gasteiger partial charge in [-0.15, -0.1) is 11.8 Å². The summed E-state index contributed by atoms with van der Waals surface area (Å²) in [6, 6.07) is 0. The fourth-order valence-electron chi connectivity index (χ4n) is 1.79. The van der Waals surface area contributed by atoms with Crippen LogP contribution in [-0.2, 0) is 23.9 Å². The Morgan fingerprint density at radius 3 is 2.78 bits per heavy atom. The van der Waals surface area contributed by atoms with Gasteiger partial charge in [-0.05, 0) is 0 Å². The molecule has 1 unspecified atom stereocenters. The Balaban J connectivity index is 2.07. The third-order valence-electron chi connectivity index (χ3n) is 2.52. The lowest BCUT2D eigenvalue weighted by molar-refractivity contribution is -0.145. The summed E-state index contributed by atoms with van der Waals surface area (Å²) in [7, 11) is -3.54. The number of amides is 1. The molecule has 2 rings (SSSR count). The van der Waals surface area contributed by atoms with Crippen LogP contribution < -0.4 is 0 Å². The summed E-state index contributed by atoms with van der Waals surface area (Å²) in [4.78, 5) is 24.1. The van der Waals surface area contributed by atoms with Crippen LogP contribution in [0.1, 0.15) is 12.8 Å². The summed E-state index contributed by atoms with van der Waals surface area (Å²) < 4.78 is 26.1. The smallest absolute Gasteiger partial charge is 0.353 e. The monoisotopic (exact) mass is 293 g/mol. The molecule has 18 heavy (non-hydrogen) atoms. The number of fused-ring (bicyclic) bond motifs is 1. The third kappa shape index (κ3) is 2.52. The van der Waals surface area contributed by atoms with E-state index in [1.807, 2.05) is 0 Å². The quantitative estimate of drug-likeness (QED) is 0.560. The molecule has 2 heterocycles. The summed E-state index contributed by atoms with van der Waals surface area (Å²) in [5.41, 5.74) is -0.0432. The zero-order valence-corrected chi connectivity index (χ0v) is 11.1. The predicted molar refractivity (Wildman–Crippen MR) is 62.9 cm³/mol. The number of carbonyl (C=O) groups excluding carboxylic acids is 1. The number of carboxylic acid groups (broad SMARTS) is 1. The van der Waals surface area contributed by atoms with Crippen LogP contribution in [0.2, 0.25) is 0 Å². The maximum atomic E-state index is 11.3. The number of hydrogen-bond acceptors (Lipinski definition) is 6. The number of carboxylic acids is 1. The summed E-state index contributed by atoms with van der Waals surface area (Å²) in [5, 5.41) is 8.90. The van der Waals surface area contributed by atoms with Crippen molar-refractivity contribution in [2.45, 2.75) is 18.2 Å². The lowest BCUT2D eigenvalue weighted by atomic mass is 10.1. The van der Waals surface area contributed by atoms with E-state index in [4.69, 9.17) is 5.11 Å². The maximum absolute atomic E-state index is 11.3. The highest BCUT2D eigenvalue weighted by Gasteiger charge is 2.48. The van der Waals surface area contributed by atoms with E-state index < -0.39 is 16.1 Å². The molecule has 0 spiro atoms. The molecular weight excluding hydrogens is 282 g/mol. The standard InChI is InChI=1S/C9H11NO6S2/c1-18(14,15)16-3-2-5-8(9(12)13)10-6(11)4-7(10)17-5/h7H,2-4H2,1H3,(H,12,13). The average Bonchev–Trinajstić information content (AvgIpc) is 2.49. The SMILES string of the molecule is CS(=O)(=O)OCCC1=C(C(=O)O)N2C(=O)CC2S1. The first kappa shape index (κ1) is 13.4. The molecule has 1 N–H and O–H groups in total. The highest BCUT2D eigenvalue weighted by Crippen LogP contribution is 2.47. The topological polar surface area (TPSA) is 101 Å². The van der Waals surface area contributed by atoms with E-state index >= 15 is 0 Å². The molecule has 0 bridgehead atoms. The van der Waals surface area contributed by atoms with Crippen LogP contribution in [0.5, 0.6) is 0 Å². The zero-order valence-electron chi connectivity index (χ0n) is 9.45. The van der Waals surface area contributed by atoms with Gasteiger partial charge in [0.1, 0.15) is 5.70 Å². The predicted octanol–water partition coefficient (Wildman–Crippen LogP) is -0.0459. The summed E-state index contributed by atoms with van der Waals surface area (Å²) in [6.45, 7) is -0.118. The Kier molecular flexibility index (Phi) is 3.39. The van der Waals surface area contributed by atoms with Gasteiger partial charge in [-0.3, -0.25) is 13.9 Å². The molecule has 2 aliphatic rings. The highest BCUT2D eigenvalue weighted by atomic mass is 32.2. The van der Waals surface area contributed by atoms with Crippen molar-refractivity contribution in [3.8, 4) is 0 Å². The number of carbonyl (C=O) groups is 2. The van der Waals surface area contributed by atoms with E-state index in [2.05, 4.69) is 4.18 Å². The van der Waals surface area contributed by atoms with Gasteiger partial charge in [0.05, 0.1) is 24.7 Å². The van der Waals surface area contributed by atoms with Gasteiger partial charge in [-0.2, -0.15) is 8.42 Å². The first-order valence-corrected chi connectivity index (χ1v) is 7.79. The third-order valence-corrected chi connectivity index (χ3v) is 4.44. The molecule has 0 radical (unpaired) electrons.